The van der Waals surface area contributed by atoms with Crippen molar-refractivity contribution in [2.24, 2.45) is 0 Å². The monoisotopic (exact) mass is 202 g/mol. The molecule has 0 amide bonds. The van der Waals surface area contributed by atoms with Crippen molar-refractivity contribution in [3.63, 3.8) is 0 Å². The number of rotatable bonds is 2. The largest absolute Gasteiger partial charge is 0.481 e. The highest BCUT2D eigenvalue weighted by atomic mass is 19.3. The van der Waals surface area contributed by atoms with E-state index in [2.05, 4.69) is 9.72 Å². The number of ether oxygens (including phenoxy) is 1. The maximum Gasteiger partial charge on any atom is 0.270 e. The van der Waals surface area contributed by atoms with Gasteiger partial charge in [0.05, 0.1) is 13.3 Å². The SMILES string of the molecule is COc1ncc(F)c(C#N)c1C(F)F. The third-order valence-electron chi connectivity index (χ3n) is 1.56. The summed E-state index contributed by atoms with van der Waals surface area (Å²) in [5.74, 6) is -1.51. The predicted molar refractivity (Wildman–Crippen MR) is 40.4 cm³/mol. The molecule has 0 fully saturated rings. The second kappa shape index (κ2) is 3.96. The zero-order valence-corrected chi connectivity index (χ0v) is 7.09. The summed E-state index contributed by atoms with van der Waals surface area (Å²) < 4.78 is 42.2. The van der Waals surface area contributed by atoms with Gasteiger partial charge < -0.3 is 4.74 Å². The van der Waals surface area contributed by atoms with Crippen LogP contribution >= 0.6 is 0 Å². The molecule has 0 aliphatic heterocycles. The number of alkyl halides is 2. The average molecular weight is 202 g/mol. The summed E-state index contributed by atoms with van der Waals surface area (Å²) in [5, 5.41) is 8.46. The molecule has 1 aromatic rings. The van der Waals surface area contributed by atoms with Gasteiger partial charge >= 0.3 is 0 Å². The van der Waals surface area contributed by atoms with Crippen molar-refractivity contribution in [1.82, 2.24) is 4.98 Å². The standard InChI is InChI=1S/C8H5F3N2O/c1-14-8-6(7(10)11)4(2-12)5(9)3-13-8/h3,7H,1H3. The molecule has 0 unspecified atom stereocenters. The summed E-state index contributed by atoms with van der Waals surface area (Å²) in [7, 11) is 1.12. The van der Waals surface area contributed by atoms with Crippen molar-refractivity contribution in [3.05, 3.63) is 23.1 Å². The minimum Gasteiger partial charge on any atom is -0.481 e. The van der Waals surface area contributed by atoms with Crippen LogP contribution < -0.4 is 4.74 Å². The van der Waals surface area contributed by atoms with Crippen LogP contribution in [0.5, 0.6) is 5.88 Å². The first-order chi connectivity index (χ1) is 6.61. The number of halogens is 3. The number of pyridine rings is 1. The van der Waals surface area contributed by atoms with Crippen molar-refractivity contribution < 1.29 is 17.9 Å². The van der Waals surface area contributed by atoms with Gasteiger partial charge in [0.2, 0.25) is 5.88 Å². The van der Waals surface area contributed by atoms with E-state index >= 15 is 0 Å². The molecular weight excluding hydrogens is 197 g/mol. The molecule has 0 bridgehead atoms. The summed E-state index contributed by atoms with van der Waals surface area (Å²) in [6, 6.07) is 1.34. The lowest BCUT2D eigenvalue weighted by atomic mass is 10.1. The van der Waals surface area contributed by atoms with Gasteiger partial charge in [0.15, 0.2) is 5.82 Å². The highest BCUT2D eigenvalue weighted by Gasteiger charge is 2.23. The lowest BCUT2D eigenvalue weighted by Crippen LogP contribution is -2.01. The number of methoxy groups -OCH3 is 1. The van der Waals surface area contributed by atoms with E-state index in [1.807, 2.05) is 0 Å². The third kappa shape index (κ3) is 1.62. The van der Waals surface area contributed by atoms with Gasteiger partial charge in [0, 0.05) is 0 Å². The highest BCUT2D eigenvalue weighted by molar-refractivity contribution is 5.44. The fourth-order valence-corrected chi connectivity index (χ4v) is 0.964. The predicted octanol–water partition coefficient (Wildman–Crippen LogP) is 2.04. The topological polar surface area (TPSA) is 45.9 Å². The normalized spacial score (nSPS) is 10.0. The zero-order chi connectivity index (χ0) is 10.7. The molecule has 0 aliphatic rings. The molecule has 0 saturated carbocycles. The van der Waals surface area contributed by atoms with E-state index in [1.165, 1.54) is 6.07 Å². The summed E-state index contributed by atoms with van der Waals surface area (Å²) in [5.41, 5.74) is -1.54. The molecule has 0 N–H and O–H groups in total. The molecule has 0 spiro atoms. The molecule has 1 heterocycles. The molecule has 3 nitrogen and oxygen atoms in total. The van der Waals surface area contributed by atoms with Gasteiger partial charge in [-0.25, -0.2) is 18.2 Å². The smallest absolute Gasteiger partial charge is 0.270 e. The molecule has 14 heavy (non-hydrogen) atoms. The Morgan fingerprint density at radius 3 is 2.64 bits per heavy atom. The Morgan fingerprint density at radius 2 is 2.21 bits per heavy atom. The van der Waals surface area contributed by atoms with Crippen LogP contribution in [-0.4, -0.2) is 12.1 Å². The fourth-order valence-electron chi connectivity index (χ4n) is 0.964. The Bertz CT molecular complexity index is 387. The minimum absolute atomic E-state index is 0.432. The summed E-state index contributed by atoms with van der Waals surface area (Å²) >= 11 is 0. The second-order valence-corrected chi connectivity index (χ2v) is 2.32. The lowest BCUT2D eigenvalue weighted by Gasteiger charge is -2.07. The number of nitriles is 1. The van der Waals surface area contributed by atoms with E-state index in [0.29, 0.717) is 6.20 Å². The van der Waals surface area contributed by atoms with E-state index < -0.39 is 29.2 Å². The van der Waals surface area contributed by atoms with Crippen molar-refractivity contribution in [2.75, 3.05) is 7.11 Å². The first kappa shape index (κ1) is 10.3. The van der Waals surface area contributed by atoms with Crippen molar-refractivity contribution in [3.8, 4) is 11.9 Å². The van der Waals surface area contributed by atoms with Crippen LogP contribution in [0.4, 0.5) is 13.2 Å². The van der Waals surface area contributed by atoms with Gasteiger partial charge in [-0.2, -0.15) is 5.26 Å². The zero-order valence-electron chi connectivity index (χ0n) is 7.09. The van der Waals surface area contributed by atoms with E-state index in [1.54, 1.807) is 0 Å². The minimum atomic E-state index is -3.00. The van der Waals surface area contributed by atoms with Gasteiger partial charge in [0.1, 0.15) is 17.2 Å². The molecule has 0 radical (unpaired) electrons. The van der Waals surface area contributed by atoms with Gasteiger partial charge in [-0.1, -0.05) is 0 Å². The number of aromatic nitrogens is 1. The molecule has 74 valence electrons. The van der Waals surface area contributed by atoms with Crippen LogP contribution in [0.3, 0.4) is 0 Å². The summed E-state index contributed by atoms with van der Waals surface area (Å²) in [6.45, 7) is 0. The Kier molecular flexibility index (Phi) is 2.92. The van der Waals surface area contributed by atoms with Gasteiger partial charge in [0.25, 0.3) is 6.43 Å². The number of hydrogen-bond donors (Lipinski definition) is 0. The van der Waals surface area contributed by atoms with Crippen molar-refractivity contribution in [1.29, 1.82) is 5.26 Å². The Labute approximate surface area is 77.7 Å². The second-order valence-electron chi connectivity index (χ2n) is 2.32. The van der Waals surface area contributed by atoms with E-state index in [-0.39, 0.29) is 0 Å². The van der Waals surface area contributed by atoms with Gasteiger partial charge in [-0.05, 0) is 0 Å². The fraction of sp³-hybridized carbons (Fsp3) is 0.250. The Hall–Kier alpha value is -1.77. The van der Waals surface area contributed by atoms with Crippen LogP contribution in [0.15, 0.2) is 6.20 Å². The van der Waals surface area contributed by atoms with Crippen LogP contribution in [0.25, 0.3) is 0 Å². The van der Waals surface area contributed by atoms with Crippen LogP contribution in [0, 0.1) is 17.1 Å². The molecule has 1 aromatic heterocycles. The van der Waals surface area contributed by atoms with Gasteiger partial charge in [-0.3, -0.25) is 0 Å². The maximum absolute atomic E-state index is 12.9. The summed E-state index contributed by atoms with van der Waals surface area (Å²) in [4.78, 5) is 3.30. The van der Waals surface area contributed by atoms with E-state index in [0.717, 1.165) is 7.11 Å². The Morgan fingerprint density at radius 1 is 1.57 bits per heavy atom. The van der Waals surface area contributed by atoms with Crippen molar-refractivity contribution >= 4 is 0 Å². The third-order valence-corrected chi connectivity index (χ3v) is 1.56. The molecule has 0 saturated heterocycles. The molecule has 6 heteroatoms. The van der Waals surface area contributed by atoms with Crippen LogP contribution in [0.2, 0.25) is 0 Å². The van der Waals surface area contributed by atoms with Crippen LogP contribution in [-0.2, 0) is 0 Å². The lowest BCUT2D eigenvalue weighted by molar-refractivity contribution is 0.145. The first-order valence-corrected chi connectivity index (χ1v) is 3.52. The number of nitrogens with zero attached hydrogens (tertiary/aromatic N) is 2. The Balaban J connectivity index is 3.46. The number of hydrogen-bond acceptors (Lipinski definition) is 3. The van der Waals surface area contributed by atoms with Gasteiger partial charge in [-0.15, -0.1) is 0 Å². The van der Waals surface area contributed by atoms with E-state index in [4.69, 9.17) is 5.26 Å². The van der Waals surface area contributed by atoms with Crippen LogP contribution in [0.1, 0.15) is 17.6 Å². The molecule has 1 rings (SSSR count). The molecular formula is C8H5F3N2O. The van der Waals surface area contributed by atoms with Crippen molar-refractivity contribution in [2.45, 2.75) is 6.43 Å². The highest BCUT2D eigenvalue weighted by Crippen LogP contribution is 2.31. The first-order valence-electron chi connectivity index (χ1n) is 3.52. The average Bonchev–Trinajstić information content (AvgIpc) is 2.17. The molecule has 0 aromatic carbocycles. The quantitative estimate of drug-likeness (QED) is 0.737. The van der Waals surface area contributed by atoms with E-state index in [9.17, 15) is 13.2 Å². The molecule has 0 atom stereocenters. The summed E-state index contributed by atoms with van der Waals surface area (Å²) in [6.07, 6.45) is -2.33. The molecule has 0 aliphatic carbocycles. The maximum atomic E-state index is 12.9.